The topological polar surface area (TPSA) is 137 Å². The van der Waals surface area contributed by atoms with Gasteiger partial charge < -0.3 is 25.4 Å². The normalized spacial score (nSPS) is 14.9. The molecule has 2 aromatic carbocycles. The van der Waals surface area contributed by atoms with Gasteiger partial charge in [-0.25, -0.2) is 0 Å². The summed E-state index contributed by atoms with van der Waals surface area (Å²) in [5.41, 5.74) is 6.75. The number of carbonyl (C=O) groups is 3. The van der Waals surface area contributed by atoms with Crippen molar-refractivity contribution in [3.63, 3.8) is 0 Å². The Balaban J connectivity index is 1.35. The van der Waals surface area contributed by atoms with Gasteiger partial charge in [-0.1, -0.05) is 6.07 Å². The first kappa shape index (κ1) is 24.2. The number of ether oxygens (including phenoxy) is 1. The summed E-state index contributed by atoms with van der Waals surface area (Å²) in [7, 11) is 0. The van der Waals surface area contributed by atoms with Crippen LogP contribution in [-0.4, -0.2) is 64.8 Å². The number of carbonyl (C=O) groups excluding carboxylic acids is 2. The Hall–Kier alpha value is -3.92. The third-order valence-corrected chi connectivity index (χ3v) is 6.85. The van der Waals surface area contributed by atoms with E-state index in [2.05, 4.69) is 0 Å². The summed E-state index contributed by atoms with van der Waals surface area (Å²) in [5.74, 6) is -1.74. The minimum absolute atomic E-state index is 0.0171. The van der Waals surface area contributed by atoms with Gasteiger partial charge in [-0.15, -0.1) is 11.3 Å². The van der Waals surface area contributed by atoms with E-state index in [0.29, 0.717) is 43.0 Å². The number of amidine groups is 1. The molecule has 1 aliphatic heterocycles. The third kappa shape index (κ3) is 5.60. The average molecular weight is 495 g/mol. The molecule has 0 aliphatic carbocycles. The quantitative estimate of drug-likeness (QED) is 0.172. The Kier molecular flexibility index (Phi) is 7.31. The molecule has 9 nitrogen and oxygen atoms in total. The van der Waals surface area contributed by atoms with Gasteiger partial charge in [0.1, 0.15) is 11.6 Å². The first-order chi connectivity index (χ1) is 16.8. The molecule has 1 fully saturated rings. The number of rotatable bonds is 10. The van der Waals surface area contributed by atoms with Crippen LogP contribution in [0.15, 0.2) is 53.9 Å². The molecule has 1 saturated heterocycles. The van der Waals surface area contributed by atoms with Crippen molar-refractivity contribution in [2.24, 2.45) is 5.73 Å². The molecule has 1 atom stereocenters. The molecule has 10 heteroatoms. The molecule has 2 heterocycles. The highest BCUT2D eigenvalue weighted by molar-refractivity contribution is 7.17. The minimum atomic E-state index is -1.03. The number of fused-ring (bicyclic) bond motifs is 1. The number of nitrogens with two attached hydrogens (primary N) is 1. The number of aliphatic carboxylic acids is 1. The lowest BCUT2D eigenvalue weighted by Crippen LogP contribution is -2.55. The van der Waals surface area contributed by atoms with Crippen LogP contribution in [0, 0.1) is 5.41 Å². The molecule has 1 aliphatic rings. The average Bonchev–Trinajstić information content (AvgIpc) is 3.31. The Morgan fingerprint density at radius 3 is 2.60 bits per heavy atom. The predicted molar refractivity (Wildman–Crippen MR) is 133 cm³/mol. The first-order valence-electron chi connectivity index (χ1n) is 11.2. The Morgan fingerprint density at radius 1 is 1.11 bits per heavy atom. The fraction of sp³-hybridized carbons (Fsp3) is 0.280. The van der Waals surface area contributed by atoms with E-state index in [1.54, 1.807) is 35.6 Å². The summed E-state index contributed by atoms with van der Waals surface area (Å²) < 4.78 is 6.75. The second-order valence-electron chi connectivity index (χ2n) is 8.26. The number of carboxylic acids is 1. The molecular formula is C25H26N4O5S. The predicted octanol–water partition coefficient (Wildman–Crippen LogP) is 2.84. The van der Waals surface area contributed by atoms with Crippen LogP contribution >= 0.6 is 11.3 Å². The number of nitrogens with zero attached hydrogens (tertiary/aromatic N) is 2. The number of nitrogen functional groups attached to an aromatic ring is 1. The Labute approximate surface area is 206 Å². The molecule has 1 unspecified atom stereocenters. The number of carboxylic acid groups (broad SMARTS) is 1. The van der Waals surface area contributed by atoms with Crippen molar-refractivity contribution < 1.29 is 24.2 Å². The summed E-state index contributed by atoms with van der Waals surface area (Å²) in [6.45, 7) is 1.30. The summed E-state index contributed by atoms with van der Waals surface area (Å²) >= 11 is 1.59. The Morgan fingerprint density at radius 2 is 1.89 bits per heavy atom. The van der Waals surface area contributed by atoms with Gasteiger partial charge in [0.2, 0.25) is 0 Å². The van der Waals surface area contributed by atoms with Gasteiger partial charge in [0.05, 0.1) is 19.1 Å². The molecule has 0 spiro atoms. The standard InChI is InChI=1S/C25H26N4O5S/c26-23(27)16-2-5-19(6-3-16)34-12-1-9-28-10-11-29(25(33)24(28)32)20(15-22(30)31)17-4-7-21-18(14-17)8-13-35-21/h2-8,13-14,20H,1,9-12,15H2,(H3,26,27)(H,30,31). The third-order valence-electron chi connectivity index (χ3n) is 5.95. The number of benzene rings is 2. The fourth-order valence-electron chi connectivity index (χ4n) is 4.14. The van der Waals surface area contributed by atoms with Crippen molar-refractivity contribution in [3.8, 4) is 5.75 Å². The maximum atomic E-state index is 13.0. The van der Waals surface area contributed by atoms with Crippen LogP contribution in [0.25, 0.3) is 10.1 Å². The van der Waals surface area contributed by atoms with E-state index in [0.717, 1.165) is 10.1 Å². The number of thiophene rings is 1. The number of nitrogens with one attached hydrogen (secondary N) is 1. The zero-order valence-corrected chi connectivity index (χ0v) is 19.8. The summed E-state index contributed by atoms with van der Waals surface area (Å²) in [6, 6.07) is 13.7. The molecule has 3 aromatic rings. The highest BCUT2D eigenvalue weighted by Gasteiger charge is 2.37. The molecule has 0 saturated carbocycles. The molecule has 4 N–H and O–H groups in total. The van der Waals surface area contributed by atoms with Crippen molar-refractivity contribution >= 4 is 45.0 Å². The van der Waals surface area contributed by atoms with E-state index in [1.807, 2.05) is 29.6 Å². The van der Waals surface area contributed by atoms with Crippen molar-refractivity contribution in [2.75, 3.05) is 26.2 Å². The van der Waals surface area contributed by atoms with Gasteiger partial charge in [-0.3, -0.25) is 19.8 Å². The number of piperazine rings is 1. The maximum Gasteiger partial charge on any atom is 0.312 e. The zero-order valence-electron chi connectivity index (χ0n) is 19.0. The fourth-order valence-corrected chi connectivity index (χ4v) is 4.91. The van der Waals surface area contributed by atoms with Crippen molar-refractivity contribution in [1.29, 1.82) is 5.41 Å². The summed E-state index contributed by atoms with van der Waals surface area (Å²) in [6.07, 6.45) is 0.256. The highest BCUT2D eigenvalue weighted by Crippen LogP contribution is 2.31. The largest absolute Gasteiger partial charge is 0.494 e. The van der Waals surface area contributed by atoms with E-state index in [-0.39, 0.29) is 18.8 Å². The first-order valence-corrected chi connectivity index (χ1v) is 12.1. The van der Waals surface area contributed by atoms with Crippen molar-refractivity contribution in [2.45, 2.75) is 18.9 Å². The molecule has 0 bridgehead atoms. The van der Waals surface area contributed by atoms with E-state index in [4.69, 9.17) is 15.9 Å². The van der Waals surface area contributed by atoms with Gasteiger partial charge >= 0.3 is 17.8 Å². The zero-order chi connectivity index (χ0) is 24.9. The van der Waals surface area contributed by atoms with Gasteiger partial charge in [0.15, 0.2) is 0 Å². The van der Waals surface area contributed by atoms with Crippen LogP contribution in [0.3, 0.4) is 0 Å². The van der Waals surface area contributed by atoms with Gasteiger partial charge in [-0.2, -0.15) is 0 Å². The lowest BCUT2D eigenvalue weighted by Gasteiger charge is -2.38. The van der Waals surface area contributed by atoms with Crippen LogP contribution in [0.5, 0.6) is 5.75 Å². The van der Waals surface area contributed by atoms with Crippen LogP contribution in [0.2, 0.25) is 0 Å². The molecule has 0 radical (unpaired) electrons. The molecule has 4 rings (SSSR count). The smallest absolute Gasteiger partial charge is 0.312 e. The lowest BCUT2D eigenvalue weighted by molar-refractivity contribution is -0.159. The summed E-state index contributed by atoms with van der Waals surface area (Å²) in [4.78, 5) is 40.2. The second kappa shape index (κ2) is 10.6. The van der Waals surface area contributed by atoms with E-state index in [9.17, 15) is 19.5 Å². The van der Waals surface area contributed by atoms with Crippen LogP contribution in [-0.2, 0) is 14.4 Å². The van der Waals surface area contributed by atoms with E-state index in [1.165, 1.54) is 9.80 Å². The number of amides is 2. The Bertz CT molecular complexity index is 1260. The van der Waals surface area contributed by atoms with E-state index < -0.39 is 23.8 Å². The summed E-state index contributed by atoms with van der Waals surface area (Å²) in [5, 5.41) is 19.8. The van der Waals surface area contributed by atoms with Gasteiger partial charge in [0.25, 0.3) is 0 Å². The molecular weight excluding hydrogens is 468 g/mol. The van der Waals surface area contributed by atoms with Gasteiger partial charge in [0, 0.05) is 29.9 Å². The SMILES string of the molecule is N=C(N)c1ccc(OCCCN2CCN(C(CC(=O)O)c3ccc4sccc4c3)C(=O)C2=O)cc1. The monoisotopic (exact) mass is 494 g/mol. The van der Waals surface area contributed by atoms with Crippen LogP contribution < -0.4 is 10.5 Å². The van der Waals surface area contributed by atoms with Crippen LogP contribution in [0.4, 0.5) is 0 Å². The highest BCUT2D eigenvalue weighted by atomic mass is 32.1. The van der Waals surface area contributed by atoms with E-state index >= 15 is 0 Å². The van der Waals surface area contributed by atoms with Crippen LogP contribution in [0.1, 0.15) is 30.0 Å². The lowest BCUT2D eigenvalue weighted by atomic mass is 9.99. The van der Waals surface area contributed by atoms with Gasteiger partial charge in [-0.05, 0) is 65.2 Å². The van der Waals surface area contributed by atoms with Crippen molar-refractivity contribution in [1.82, 2.24) is 9.80 Å². The number of hydrogen-bond donors (Lipinski definition) is 3. The molecule has 35 heavy (non-hydrogen) atoms. The van der Waals surface area contributed by atoms with Crippen molar-refractivity contribution in [3.05, 3.63) is 65.0 Å². The minimum Gasteiger partial charge on any atom is -0.494 e. The molecule has 2 amide bonds. The molecule has 182 valence electrons. The second-order valence-corrected chi connectivity index (χ2v) is 9.21. The maximum absolute atomic E-state index is 13.0. The molecule has 1 aromatic heterocycles. The number of hydrogen-bond acceptors (Lipinski definition) is 6.